The molecule has 1 aromatic carbocycles. The van der Waals surface area contributed by atoms with Crippen LogP contribution in [0.4, 0.5) is 0 Å². The first-order valence-corrected chi connectivity index (χ1v) is 3.87. The molecule has 2 aromatic rings. The lowest BCUT2D eigenvalue weighted by atomic mass is 10.2. The van der Waals surface area contributed by atoms with Crippen LogP contribution < -0.4 is 0 Å². The molecule has 1 heterocycles. The van der Waals surface area contributed by atoms with Crippen molar-refractivity contribution in [3.05, 3.63) is 36.2 Å². The molecule has 0 spiro atoms. The van der Waals surface area contributed by atoms with Crippen LogP contribution in [0.15, 0.2) is 24.3 Å². The van der Waals surface area contributed by atoms with Gasteiger partial charge in [0.1, 0.15) is 0 Å². The summed E-state index contributed by atoms with van der Waals surface area (Å²) in [6.07, 6.45) is 0. The fraction of sp³-hybridized carbons (Fsp3) is 0.111. The molecule has 1 aromatic heterocycles. The smallest absolute Gasteiger partial charge is 0.131 e. The van der Waals surface area contributed by atoms with E-state index in [2.05, 4.69) is 26.5 Å². The number of aromatic nitrogens is 4. The Hall–Kier alpha value is -1.84. The third-order valence-corrected chi connectivity index (χ3v) is 1.54. The molecule has 0 fully saturated rings. The number of hydrogen-bond acceptors (Lipinski definition) is 4. The van der Waals surface area contributed by atoms with E-state index >= 15 is 0 Å². The first-order valence-electron chi connectivity index (χ1n) is 3.87. The third-order valence-electron chi connectivity index (χ3n) is 1.54. The monoisotopic (exact) mass is 171 g/mol. The van der Waals surface area contributed by atoms with Crippen molar-refractivity contribution in [3.8, 4) is 11.4 Å². The summed E-state index contributed by atoms with van der Waals surface area (Å²) < 4.78 is 0. The Balaban J connectivity index is 2.42. The zero-order chi connectivity index (χ0) is 9.10. The summed E-state index contributed by atoms with van der Waals surface area (Å²) in [5.74, 6) is 1.10. The van der Waals surface area contributed by atoms with Crippen LogP contribution in [0.5, 0.6) is 0 Å². The topological polar surface area (TPSA) is 51.6 Å². The van der Waals surface area contributed by atoms with Gasteiger partial charge >= 0.3 is 0 Å². The van der Waals surface area contributed by atoms with Gasteiger partial charge in [-0.2, -0.15) is 0 Å². The van der Waals surface area contributed by atoms with E-state index < -0.39 is 0 Å². The van der Waals surface area contributed by atoms with E-state index in [-0.39, 0.29) is 0 Å². The van der Waals surface area contributed by atoms with Crippen molar-refractivity contribution < 1.29 is 0 Å². The summed E-state index contributed by atoms with van der Waals surface area (Å²) in [5, 5.41) is 15.4. The standard InChI is InChI=1S/C9H7N4/c1-7-10-12-9(13-11-7)8-5-3-2-4-6-8/h2-3,5-6H,1H3. The van der Waals surface area contributed by atoms with Gasteiger partial charge in [0.25, 0.3) is 0 Å². The zero-order valence-electron chi connectivity index (χ0n) is 7.10. The number of benzene rings is 1. The molecule has 13 heavy (non-hydrogen) atoms. The molecule has 0 saturated carbocycles. The Bertz CT molecular complexity index is 382. The Labute approximate surface area is 75.7 Å². The van der Waals surface area contributed by atoms with Crippen molar-refractivity contribution in [1.29, 1.82) is 0 Å². The summed E-state index contributed by atoms with van der Waals surface area (Å²) in [6, 6.07) is 10.3. The first kappa shape index (κ1) is 7.79. The SMILES string of the molecule is Cc1nnc(-c2c[c]ccc2)nn1. The van der Waals surface area contributed by atoms with Crippen molar-refractivity contribution in [3.63, 3.8) is 0 Å². The van der Waals surface area contributed by atoms with E-state index in [0.29, 0.717) is 11.6 Å². The minimum Gasteiger partial charge on any atom is -0.131 e. The Kier molecular flexibility index (Phi) is 1.96. The van der Waals surface area contributed by atoms with Gasteiger partial charge in [0.15, 0.2) is 5.82 Å². The van der Waals surface area contributed by atoms with Crippen LogP contribution in [0.3, 0.4) is 0 Å². The predicted octanol–water partition coefficient (Wildman–Crippen LogP) is 1.04. The van der Waals surface area contributed by atoms with Crippen LogP contribution in [0, 0.1) is 13.0 Å². The highest BCUT2D eigenvalue weighted by Crippen LogP contribution is 2.10. The molecule has 0 unspecified atom stereocenters. The van der Waals surface area contributed by atoms with Crippen molar-refractivity contribution in [2.45, 2.75) is 6.92 Å². The largest absolute Gasteiger partial charge is 0.203 e. The normalized spacial score (nSPS) is 9.92. The van der Waals surface area contributed by atoms with Crippen LogP contribution >= 0.6 is 0 Å². The molecule has 0 aliphatic carbocycles. The van der Waals surface area contributed by atoms with E-state index in [9.17, 15) is 0 Å². The molecule has 0 bridgehead atoms. The molecule has 0 atom stereocenters. The molecule has 0 saturated heterocycles. The fourth-order valence-electron chi connectivity index (χ4n) is 0.927. The van der Waals surface area contributed by atoms with Crippen LogP contribution in [0.1, 0.15) is 5.82 Å². The van der Waals surface area contributed by atoms with Crippen LogP contribution in [-0.2, 0) is 0 Å². The quantitative estimate of drug-likeness (QED) is 0.643. The molecule has 0 amide bonds. The number of rotatable bonds is 1. The van der Waals surface area contributed by atoms with E-state index in [1.165, 1.54) is 0 Å². The van der Waals surface area contributed by atoms with E-state index in [4.69, 9.17) is 0 Å². The summed E-state index contributed by atoms with van der Waals surface area (Å²) in [6.45, 7) is 1.75. The average Bonchev–Trinajstić information content (AvgIpc) is 2.20. The molecule has 0 N–H and O–H groups in total. The van der Waals surface area contributed by atoms with Crippen molar-refractivity contribution >= 4 is 0 Å². The molecule has 0 aliphatic rings. The highest BCUT2D eigenvalue weighted by molar-refractivity contribution is 5.52. The van der Waals surface area contributed by atoms with Gasteiger partial charge in [-0.05, 0) is 19.1 Å². The molecule has 2 rings (SSSR count). The highest BCUT2D eigenvalue weighted by atomic mass is 15.3. The number of aryl methyl sites for hydroxylation is 1. The summed E-state index contributed by atoms with van der Waals surface area (Å²) >= 11 is 0. The Morgan fingerprint density at radius 3 is 2.54 bits per heavy atom. The molecule has 1 radical (unpaired) electrons. The summed E-state index contributed by atoms with van der Waals surface area (Å²) in [4.78, 5) is 0. The van der Waals surface area contributed by atoms with Crippen LogP contribution in [-0.4, -0.2) is 20.4 Å². The predicted molar refractivity (Wildman–Crippen MR) is 46.6 cm³/mol. The van der Waals surface area contributed by atoms with E-state index in [0.717, 1.165) is 5.56 Å². The lowest BCUT2D eigenvalue weighted by Gasteiger charge is -1.95. The van der Waals surface area contributed by atoms with Crippen molar-refractivity contribution in [1.82, 2.24) is 20.4 Å². The van der Waals surface area contributed by atoms with Crippen LogP contribution in [0.25, 0.3) is 11.4 Å². The van der Waals surface area contributed by atoms with Gasteiger partial charge in [-0.3, -0.25) is 0 Å². The fourth-order valence-corrected chi connectivity index (χ4v) is 0.927. The lowest BCUT2D eigenvalue weighted by Crippen LogP contribution is -1.98. The molecule has 63 valence electrons. The highest BCUT2D eigenvalue weighted by Gasteiger charge is 2.00. The second kappa shape index (κ2) is 3.26. The minimum absolute atomic E-state index is 0.530. The molecule has 4 heteroatoms. The third kappa shape index (κ3) is 1.66. The summed E-state index contributed by atoms with van der Waals surface area (Å²) in [5.41, 5.74) is 0.877. The van der Waals surface area contributed by atoms with Crippen molar-refractivity contribution in [2.75, 3.05) is 0 Å². The van der Waals surface area contributed by atoms with Gasteiger partial charge in [0.05, 0.1) is 0 Å². The average molecular weight is 171 g/mol. The van der Waals surface area contributed by atoms with Gasteiger partial charge in [0.2, 0.25) is 5.82 Å². The van der Waals surface area contributed by atoms with Crippen molar-refractivity contribution in [2.24, 2.45) is 0 Å². The maximum Gasteiger partial charge on any atom is 0.203 e. The number of nitrogens with zero attached hydrogens (tertiary/aromatic N) is 4. The maximum atomic E-state index is 3.90. The second-order valence-electron chi connectivity index (χ2n) is 2.56. The Morgan fingerprint density at radius 2 is 1.92 bits per heavy atom. The molecular formula is C9H7N4. The van der Waals surface area contributed by atoms with E-state index in [1.54, 1.807) is 13.0 Å². The van der Waals surface area contributed by atoms with Gasteiger partial charge in [0, 0.05) is 5.56 Å². The first-order chi connectivity index (χ1) is 6.36. The Morgan fingerprint density at radius 1 is 1.15 bits per heavy atom. The van der Waals surface area contributed by atoms with Gasteiger partial charge in [-0.25, -0.2) is 0 Å². The number of hydrogen-bond donors (Lipinski definition) is 0. The molecular weight excluding hydrogens is 164 g/mol. The summed E-state index contributed by atoms with van der Waals surface area (Å²) in [7, 11) is 0. The second-order valence-corrected chi connectivity index (χ2v) is 2.56. The van der Waals surface area contributed by atoms with Crippen LogP contribution in [0.2, 0.25) is 0 Å². The zero-order valence-corrected chi connectivity index (χ0v) is 7.10. The van der Waals surface area contributed by atoms with Gasteiger partial charge in [-0.1, -0.05) is 18.2 Å². The molecule has 0 aliphatic heterocycles. The van der Waals surface area contributed by atoms with Gasteiger partial charge < -0.3 is 0 Å². The minimum atomic E-state index is 0.530. The van der Waals surface area contributed by atoms with Gasteiger partial charge in [-0.15, -0.1) is 20.4 Å². The van der Waals surface area contributed by atoms with E-state index in [1.807, 2.05) is 18.2 Å². The maximum absolute atomic E-state index is 3.90. The lowest BCUT2D eigenvalue weighted by molar-refractivity contribution is 0.816. The molecule has 4 nitrogen and oxygen atoms in total.